The van der Waals surface area contributed by atoms with Gasteiger partial charge in [0.05, 0.1) is 11.8 Å². The minimum Gasteiger partial charge on any atom is -0.481 e. The molecule has 5 nitrogen and oxygen atoms in total. The maximum Gasteiger partial charge on any atom is 0.305 e. The molecule has 2 bridgehead atoms. The SMILES string of the molecule is CC1(C)[C@H]2CC[C@]1(C)C(=O)N(CCC(=O)O)C2=O. The molecule has 0 radical (unpaired) electrons. The molecule has 1 aliphatic carbocycles. The molecule has 2 atom stereocenters. The molecule has 0 aromatic carbocycles. The van der Waals surface area contributed by atoms with Crippen molar-refractivity contribution < 1.29 is 19.5 Å². The van der Waals surface area contributed by atoms with E-state index in [1.54, 1.807) is 0 Å². The molecule has 1 saturated carbocycles. The average molecular weight is 253 g/mol. The second-order valence-corrected chi connectivity index (χ2v) is 6.08. The Morgan fingerprint density at radius 2 is 2.00 bits per heavy atom. The van der Waals surface area contributed by atoms with Crippen molar-refractivity contribution in [3.8, 4) is 0 Å². The fraction of sp³-hybridized carbons (Fsp3) is 0.769. The van der Waals surface area contributed by atoms with Crippen molar-refractivity contribution in [3.05, 3.63) is 0 Å². The molecule has 2 amide bonds. The predicted octanol–water partition coefficient (Wildman–Crippen LogP) is 1.27. The average Bonchev–Trinajstić information content (AvgIpc) is 2.44. The molecule has 1 aliphatic heterocycles. The third-order valence-corrected chi connectivity index (χ3v) is 5.06. The van der Waals surface area contributed by atoms with Gasteiger partial charge in [0.25, 0.3) is 0 Å². The number of carboxylic acids is 1. The van der Waals surface area contributed by atoms with Crippen LogP contribution in [-0.4, -0.2) is 34.3 Å². The van der Waals surface area contributed by atoms with Crippen molar-refractivity contribution in [2.45, 2.75) is 40.0 Å². The molecule has 18 heavy (non-hydrogen) atoms. The monoisotopic (exact) mass is 253 g/mol. The minimum atomic E-state index is -0.988. The highest BCUT2D eigenvalue weighted by molar-refractivity contribution is 6.04. The molecular weight excluding hydrogens is 234 g/mol. The Bertz CT molecular complexity index is 429. The van der Waals surface area contributed by atoms with Crippen molar-refractivity contribution in [2.75, 3.05) is 6.54 Å². The summed E-state index contributed by atoms with van der Waals surface area (Å²) in [4.78, 5) is 36.5. The van der Waals surface area contributed by atoms with Crippen molar-refractivity contribution in [1.82, 2.24) is 4.90 Å². The van der Waals surface area contributed by atoms with Gasteiger partial charge in [-0.15, -0.1) is 0 Å². The summed E-state index contributed by atoms with van der Waals surface area (Å²) < 4.78 is 0. The van der Waals surface area contributed by atoms with E-state index in [4.69, 9.17) is 5.11 Å². The minimum absolute atomic E-state index is 0.00479. The van der Waals surface area contributed by atoms with Crippen LogP contribution < -0.4 is 0 Å². The lowest BCUT2D eigenvalue weighted by molar-refractivity contribution is -0.168. The molecule has 100 valence electrons. The summed E-state index contributed by atoms with van der Waals surface area (Å²) in [5, 5.41) is 8.68. The summed E-state index contributed by atoms with van der Waals surface area (Å²) >= 11 is 0. The number of rotatable bonds is 3. The van der Waals surface area contributed by atoms with Crippen LogP contribution in [0, 0.1) is 16.7 Å². The van der Waals surface area contributed by atoms with E-state index in [0.717, 1.165) is 11.3 Å². The Balaban J connectivity index is 2.30. The molecule has 2 fully saturated rings. The normalized spacial score (nSPS) is 33.9. The van der Waals surface area contributed by atoms with Crippen LogP contribution in [0.15, 0.2) is 0 Å². The highest BCUT2D eigenvalue weighted by atomic mass is 16.4. The van der Waals surface area contributed by atoms with Gasteiger partial charge in [-0.05, 0) is 18.3 Å². The fourth-order valence-corrected chi connectivity index (χ4v) is 3.32. The number of carbonyl (C=O) groups is 3. The maximum absolute atomic E-state index is 12.5. The Hall–Kier alpha value is -1.39. The molecule has 1 heterocycles. The van der Waals surface area contributed by atoms with Crippen molar-refractivity contribution in [2.24, 2.45) is 16.7 Å². The molecule has 1 saturated heterocycles. The van der Waals surface area contributed by atoms with E-state index in [2.05, 4.69) is 0 Å². The number of likely N-dealkylation sites (tertiary alicyclic amines) is 1. The van der Waals surface area contributed by atoms with Gasteiger partial charge in [-0.3, -0.25) is 19.3 Å². The van der Waals surface area contributed by atoms with E-state index in [0.29, 0.717) is 6.42 Å². The summed E-state index contributed by atoms with van der Waals surface area (Å²) in [6.45, 7) is 5.83. The standard InChI is InChI=1S/C13H19NO4/c1-12(2)8-4-6-13(12,3)11(18)14(10(8)17)7-5-9(15)16/h8H,4-7H2,1-3H3,(H,15,16)/t8-,13+/m0/s1. The lowest BCUT2D eigenvalue weighted by Gasteiger charge is -2.47. The van der Waals surface area contributed by atoms with Gasteiger partial charge in [0.2, 0.25) is 11.8 Å². The van der Waals surface area contributed by atoms with Crippen LogP contribution in [-0.2, 0) is 14.4 Å². The number of piperidine rings is 1. The smallest absolute Gasteiger partial charge is 0.305 e. The van der Waals surface area contributed by atoms with Crippen LogP contribution in [0.25, 0.3) is 0 Å². The Kier molecular flexibility index (Phi) is 2.76. The Morgan fingerprint density at radius 3 is 2.56 bits per heavy atom. The molecule has 2 rings (SSSR count). The van der Waals surface area contributed by atoms with Crippen LogP contribution in [0.2, 0.25) is 0 Å². The van der Waals surface area contributed by atoms with Crippen LogP contribution in [0.5, 0.6) is 0 Å². The topological polar surface area (TPSA) is 74.7 Å². The Morgan fingerprint density at radius 1 is 1.39 bits per heavy atom. The maximum atomic E-state index is 12.5. The summed E-state index contributed by atoms with van der Waals surface area (Å²) in [6, 6.07) is 0. The zero-order valence-corrected chi connectivity index (χ0v) is 11.0. The van der Waals surface area contributed by atoms with Crippen LogP contribution in [0.4, 0.5) is 0 Å². The van der Waals surface area contributed by atoms with Crippen LogP contribution in [0.3, 0.4) is 0 Å². The molecule has 0 aromatic heterocycles. The lowest BCUT2D eigenvalue weighted by atomic mass is 9.62. The number of carboxylic acid groups (broad SMARTS) is 1. The number of fused-ring (bicyclic) bond motifs is 2. The number of amides is 2. The quantitative estimate of drug-likeness (QED) is 0.769. The van der Waals surface area contributed by atoms with Gasteiger partial charge in [-0.2, -0.15) is 0 Å². The highest BCUT2D eigenvalue weighted by Gasteiger charge is 2.64. The van der Waals surface area contributed by atoms with Crippen LogP contribution >= 0.6 is 0 Å². The van der Waals surface area contributed by atoms with E-state index >= 15 is 0 Å². The second kappa shape index (κ2) is 3.80. The van der Waals surface area contributed by atoms with E-state index in [9.17, 15) is 14.4 Å². The molecular formula is C13H19NO4. The van der Waals surface area contributed by atoms with Gasteiger partial charge < -0.3 is 5.11 Å². The molecule has 0 aromatic rings. The Labute approximate surface area is 106 Å². The molecule has 5 heteroatoms. The van der Waals surface area contributed by atoms with Crippen LogP contribution in [0.1, 0.15) is 40.0 Å². The third-order valence-electron chi connectivity index (χ3n) is 5.06. The van der Waals surface area contributed by atoms with Crippen molar-refractivity contribution in [3.63, 3.8) is 0 Å². The number of nitrogens with zero attached hydrogens (tertiary/aromatic N) is 1. The molecule has 1 N–H and O–H groups in total. The molecule has 2 aliphatic rings. The van der Waals surface area contributed by atoms with Gasteiger partial charge >= 0.3 is 5.97 Å². The zero-order valence-electron chi connectivity index (χ0n) is 11.0. The fourth-order valence-electron chi connectivity index (χ4n) is 3.32. The first-order valence-corrected chi connectivity index (χ1v) is 6.29. The third kappa shape index (κ3) is 1.49. The van der Waals surface area contributed by atoms with Crippen molar-refractivity contribution >= 4 is 17.8 Å². The predicted molar refractivity (Wildman–Crippen MR) is 63.6 cm³/mol. The largest absolute Gasteiger partial charge is 0.481 e. The first-order valence-electron chi connectivity index (χ1n) is 6.29. The van der Waals surface area contributed by atoms with Gasteiger partial charge in [0.1, 0.15) is 0 Å². The van der Waals surface area contributed by atoms with Gasteiger partial charge in [0.15, 0.2) is 0 Å². The van der Waals surface area contributed by atoms with Crippen molar-refractivity contribution in [1.29, 1.82) is 0 Å². The van der Waals surface area contributed by atoms with Gasteiger partial charge in [-0.1, -0.05) is 20.8 Å². The summed E-state index contributed by atoms with van der Waals surface area (Å²) in [6.07, 6.45) is 1.25. The zero-order chi connectivity index (χ0) is 13.7. The highest BCUT2D eigenvalue weighted by Crippen LogP contribution is 2.59. The number of imide groups is 1. The number of carbonyl (C=O) groups excluding carboxylic acids is 2. The summed E-state index contributed by atoms with van der Waals surface area (Å²) in [5.74, 6) is -1.54. The second-order valence-electron chi connectivity index (χ2n) is 6.08. The molecule has 0 spiro atoms. The number of hydrogen-bond acceptors (Lipinski definition) is 3. The lowest BCUT2D eigenvalue weighted by Crippen LogP contribution is -2.59. The van der Waals surface area contributed by atoms with E-state index < -0.39 is 11.4 Å². The van der Waals surface area contributed by atoms with E-state index in [1.807, 2.05) is 20.8 Å². The number of hydrogen-bond donors (Lipinski definition) is 1. The molecule has 0 unspecified atom stereocenters. The van der Waals surface area contributed by atoms with E-state index in [1.165, 1.54) is 0 Å². The summed E-state index contributed by atoms with van der Waals surface area (Å²) in [5.41, 5.74) is -0.870. The van der Waals surface area contributed by atoms with Gasteiger partial charge in [0, 0.05) is 12.5 Å². The first-order chi connectivity index (χ1) is 8.22. The number of aliphatic carboxylic acids is 1. The van der Waals surface area contributed by atoms with Gasteiger partial charge in [-0.25, -0.2) is 0 Å². The summed E-state index contributed by atoms with van der Waals surface area (Å²) in [7, 11) is 0. The van der Waals surface area contributed by atoms with E-state index in [-0.39, 0.29) is 36.1 Å². The first kappa shape index (κ1) is 13.1.